The van der Waals surface area contributed by atoms with E-state index in [1.54, 1.807) is 0 Å². The molecule has 0 spiro atoms. The van der Waals surface area contributed by atoms with Gasteiger partial charge < -0.3 is 4.74 Å². The van der Waals surface area contributed by atoms with Crippen molar-refractivity contribution < 1.29 is 31.5 Å². The molecule has 0 saturated carbocycles. The molecule has 0 aliphatic heterocycles. The molecule has 1 aromatic carbocycles. The molecule has 0 fully saturated rings. The summed E-state index contributed by atoms with van der Waals surface area (Å²) in [6.45, 7) is 1.93. The average Bonchev–Trinajstić information content (AvgIpc) is 2.38. The molecule has 0 aliphatic carbocycles. The standard InChI is InChI=1S/C12H14F3NO4S/c1-2-3-8-20-11(17)16(21(18)19)10-6-4-9(5-7-10)12(13,14)15/h4-7H,2-3,8H2,1H3,(H,18,19). The quantitative estimate of drug-likeness (QED) is 0.664. The number of alkyl halides is 3. The molecule has 5 nitrogen and oxygen atoms in total. The number of benzene rings is 1. The smallest absolute Gasteiger partial charge is 0.428 e. The number of carbonyl (C=O) groups excluding carboxylic acids is 1. The maximum absolute atomic E-state index is 12.4. The van der Waals surface area contributed by atoms with Gasteiger partial charge in [-0.1, -0.05) is 13.3 Å². The number of hydrogen-bond donors (Lipinski definition) is 1. The minimum absolute atomic E-state index is 0.0592. The minimum Gasteiger partial charge on any atom is -0.448 e. The van der Waals surface area contributed by atoms with E-state index in [1.807, 2.05) is 6.92 Å². The Hall–Kier alpha value is -1.61. The van der Waals surface area contributed by atoms with E-state index in [0.717, 1.165) is 18.6 Å². The van der Waals surface area contributed by atoms with Crippen molar-refractivity contribution in [3.63, 3.8) is 0 Å². The third-order valence-corrected chi connectivity index (χ3v) is 3.15. The highest BCUT2D eigenvalue weighted by Crippen LogP contribution is 2.30. The van der Waals surface area contributed by atoms with Gasteiger partial charge in [-0.25, -0.2) is 9.00 Å². The highest BCUT2D eigenvalue weighted by atomic mass is 32.2. The molecule has 0 bridgehead atoms. The first kappa shape index (κ1) is 17.4. The van der Waals surface area contributed by atoms with Gasteiger partial charge in [0.1, 0.15) is 0 Å². The summed E-state index contributed by atoms with van der Waals surface area (Å²) >= 11 is -2.74. The second-order valence-corrected chi connectivity index (χ2v) is 4.86. The van der Waals surface area contributed by atoms with Crippen LogP contribution in [0.5, 0.6) is 0 Å². The number of rotatable bonds is 5. The largest absolute Gasteiger partial charge is 0.448 e. The number of hydrogen-bond acceptors (Lipinski definition) is 3. The molecule has 1 amide bonds. The lowest BCUT2D eigenvalue weighted by atomic mass is 10.2. The van der Waals surface area contributed by atoms with Crippen LogP contribution >= 0.6 is 0 Å². The van der Waals surface area contributed by atoms with Crippen LogP contribution < -0.4 is 4.31 Å². The summed E-state index contributed by atoms with van der Waals surface area (Å²) < 4.78 is 62.7. The molecule has 1 aromatic rings. The van der Waals surface area contributed by atoms with Crippen LogP contribution in [0.4, 0.5) is 23.7 Å². The second-order valence-electron chi connectivity index (χ2n) is 4.04. The third-order valence-electron chi connectivity index (χ3n) is 2.47. The average molecular weight is 325 g/mol. The normalized spacial score (nSPS) is 12.8. The second kappa shape index (κ2) is 7.41. The molecule has 0 saturated heterocycles. The van der Waals surface area contributed by atoms with Gasteiger partial charge in [0.05, 0.1) is 17.9 Å². The van der Waals surface area contributed by atoms with Gasteiger partial charge in [0.2, 0.25) is 0 Å². The molecule has 0 radical (unpaired) electrons. The Morgan fingerprint density at radius 1 is 1.33 bits per heavy atom. The molecule has 0 heterocycles. The van der Waals surface area contributed by atoms with Crippen molar-refractivity contribution in [1.29, 1.82) is 0 Å². The minimum atomic E-state index is -4.52. The molecular formula is C12H14F3NO4S. The van der Waals surface area contributed by atoms with Crippen LogP contribution in [0.25, 0.3) is 0 Å². The topological polar surface area (TPSA) is 66.8 Å². The molecule has 0 aliphatic rings. The Labute approximate surface area is 122 Å². The summed E-state index contributed by atoms with van der Waals surface area (Å²) in [4.78, 5) is 11.7. The lowest BCUT2D eigenvalue weighted by molar-refractivity contribution is -0.137. The predicted octanol–water partition coefficient (Wildman–Crippen LogP) is 3.59. The number of nitrogens with zero attached hydrogens (tertiary/aromatic N) is 1. The molecule has 1 N–H and O–H groups in total. The van der Waals surface area contributed by atoms with Crippen molar-refractivity contribution in [1.82, 2.24) is 0 Å². The van der Waals surface area contributed by atoms with Crippen LogP contribution in [0.3, 0.4) is 0 Å². The lowest BCUT2D eigenvalue weighted by Gasteiger charge is -2.18. The van der Waals surface area contributed by atoms with Crippen LogP contribution in [-0.4, -0.2) is 21.5 Å². The van der Waals surface area contributed by atoms with Gasteiger partial charge in [-0.3, -0.25) is 4.55 Å². The number of amides is 1. The number of halogens is 3. The van der Waals surface area contributed by atoms with Crippen LogP contribution in [0, 0.1) is 0 Å². The number of anilines is 1. The van der Waals surface area contributed by atoms with E-state index < -0.39 is 29.1 Å². The summed E-state index contributed by atoms with van der Waals surface area (Å²) in [5.74, 6) is 0. The van der Waals surface area contributed by atoms with Crippen LogP contribution in [0.1, 0.15) is 25.3 Å². The monoisotopic (exact) mass is 325 g/mol. The fraction of sp³-hybridized carbons (Fsp3) is 0.417. The molecule has 1 rings (SSSR count). The van der Waals surface area contributed by atoms with E-state index in [4.69, 9.17) is 9.29 Å². The fourth-order valence-corrected chi connectivity index (χ4v) is 1.89. The Balaban J connectivity index is 2.91. The van der Waals surface area contributed by atoms with E-state index in [-0.39, 0.29) is 12.3 Å². The molecule has 1 atom stereocenters. The van der Waals surface area contributed by atoms with E-state index >= 15 is 0 Å². The molecular weight excluding hydrogens is 311 g/mol. The van der Waals surface area contributed by atoms with Crippen molar-refractivity contribution in [2.45, 2.75) is 25.9 Å². The van der Waals surface area contributed by atoms with E-state index in [2.05, 4.69) is 0 Å². The highest BCUT2D eigenvalue weighted by molar-refractivity contribution is 7.81. The summed E-state index contributed by atoms with van der Waals surface area (Å²) in [6.07, 6.45) is -4.28. The van der Waals surface area contributed by atoms with Crippen molar-refractivity contribution in [2.75, 3.05) is 10.9 Å². The fourth-order valence-electron chi connectivity index (χ4n) is 1.41. The zero-order chi connectivity index (χ0) is 16.0. The lowest BCUT2D eigenvalue weighted by Crippen LogP contribution is -2.33. The van der Waals surface area contributed by atoms with Gasteiger partial charge in [-0.05, 0) is 30.7 Å². The number of ether oxygens (including phenoxy) is 1. The maximum atomic E-state index is 12.4. The van der Waals surface area contributed by atoms with Crippen molar-refractivity contribution >= 4 is 23.0 Å². The summed E-state index contributed by atoms with van der Waals surface area (Å²) in [7, 11) is 0. The molecule has 9 heteroatoms. The Kier molecular flexibility index (Phi) is 6.16. The van der Waals surface area contributed by atoms with E-state index in [0.29, 0.717) is 22.9 Å². The van der Waals surface area contributed by atoms with Crippen molar-refractivity contribution in [2.24, 2.45) is 0 Å². The van der Waals surface area contributed by atoms with E-state index in [9.17, 15) is 22.2 Å². The van der Waals surface area contributed by atoms with Crippen molar-refractivity contribution in [3.05, 3.63) is 29.8 Å². The van der Waals surface area contributed by atoms with Gasteiger partial charge in [0, 0.05) is 0 Å². The number of unbranched alkanes of at least 4 members (excludes halogenated alkanes) is 1. The first-order chi connectivity index (χ1) is 9.77. The van der Waals surface area contributed by atoms with E-state index in [1.165, 1.54) is 0 Å². The number of carbonyl (C=O) groups is 1. The van der Waals surface area contributed by atoms with Gasteiger partial charge >= 0.3 is 12.3 Å². The van der Waals surface area contributed by atoms with Gasteiger partial charge in [-0.2, -0.15) is 17.5 Å². The van der Waals surface area contributed by atoms with Crippen molar-refractivity contribution in [3.8, 4) is 0 Å². The van der Waals surface area contributed by atoms with Gasteiger partial charge in [0.25, 0.3) is 11.3 Å². The maximum Gasteiger partial charge on any atom is 0.428 e. The molecule has 0 aromatic heterocycles. The predicted molar refractivity (Wildman–Crippen MR) is 71.0 cm³/mol. The first-order valence-corrected chi connectivity index (χ1v) is 7.09. The zero-order valence-corrected chi connectivity index (χ0v) is 11.9. The Morgan fingerprint density at radius 3 is 2.33 bits per heavy atom. The SMILES string of the molecule is CCCCOC(=O)N(c1ccc(C(F)(F)F)cc1)S(=O)O. The summed E-state index contributed by atoms with van der Waals surface area (Å²) in [5.41, 5.74) is -1.08. The Bertz CT molecular complexity index is 504. The zero-order valence-electron chi connectivity index (χ0n) is 11.1. The van der Waals surface area contributed by atoms with Crippen LogP contribution in [-0.2, 0) is 22.2 Å². The highest BCUT2D eigenvalue weighted by Gasteiger charge is 2.31. The van der Waals surface area contributed by atoms with Gasteiger partial charge in [0.15, 0.2) is 0 Å². The summed E-state index contributed by atoms with van der Waals surface area (Å²) in [5, 5.41) is 0. The molecule has 118 valence electrons. The third kappa shape index (κ3) is 5.01. The molecule has 1 unspecified atom stereocenters. The first-order valence-electron chi connectivity index (χ1n) is 6.02. The Morgan fingerprint density at radius 2 is 1.90 bits per heavy atom. The van der Waals surface area contributed by atoms with Crippen LogP contribution in [0.2, 0.25) is 0 Å². The molecule has 21 heavy (non-hydrogen) atoms. The van der Waals surface area contributed by atoms with Gasteiger partial charge in [-0.15, -0.1) is 0 Å². The summed E-state index contributed by atoms with van der Waals surface area (Å²) in [6, 6.07) is 3.29. The van der Waals surface area contributed by atoms with Crippen LogP contribution in [0.15, 0.2) is 24.3 Å².